The van der Waals surface area contributed by atoms with Gasteiger partial charge >= 0.3 is 0 Å². The minimum absolute atomic E-state index is 0.00525. The number of fused-ring (bicyclic) bond motifs is 1. The van der Waals surface area contributed by atoms with E-state index < -0.39 is 0 Å². The Morgan fingerprint density at radius 1 is 0.943 bits per heavy atom. The highest BCUT2D eigenvalue weighted by Crippen LogP contribution is 2.30. The number of anilines is 3. The van der Waals surface area contributed by atoms with Gasteiger partial charge in [0.25, 0.3) is 5.91 Å². The number of carbonyl (C=O) groups excluding carboxylic acids is 2. The molecule has 2 amide bonds. The van der Waals surface area contributed by atoms with Crippen LogP contribution in [0.5, 0.6) is 0 Å². The van der Waals surface area contributed by atoms with Gasteiger partial charge in [-0.05, 0) is 48.4 Å². The van der Waals surface area contributed by atoms with E-state index in [0.717, 1.165) is 24.5 Å². The van der Waals surface area contributed by atoms with Crippen molar-refractivity contribution in [2.45, 2.75) is 18.7 Å². The van der Waals surface area contributed by atoms with Crippen LogP contribution in [0.2, 0.25) is 0 Å². The van der Waals surface area contributed by atoms with E-state index in [1.54, 1.807) is 17.8 Å². The van der Waals surface area contributed by atoms with Gasteiger partial charge in [0.15, 0.2) is 0 Å². The van der Waals surface area contributed by atoms with E-state index >= 15 is 0 Å². The predicted molar refractivity (Wildman–Crippen MR) is 144 cm³/mol. The van der Waals surface area contributed by atoms with Crippen LogP contribution in [0.1, 0.15) is 21.5 Å². The molecule has 2 N–H and O–H groups in total. The predicted octanol–water partition coefficient (Wildman–Crippen LogP) is 4.62. The molecule has 1 fully saturated rings. The topological polar surface area (TPSA) is 64.7 Å². The lowest BCUT2D eigenvalue weighted by Gasteiger charge is -2.36. The van der Waals surface area contributed by atoms with Crippen LogP contribution in [0.15, 0.2) is 72.8 Å². The number of hydrogen-bond donors (Lipinski definition) is 2. The van der Waals surface area contributed by atoms with Crippen molar-refractivity contribution in [1.29, 1.82) is 0 Å². The van der Waals surface area contributed by atoms with E-state index in [1.807, 2.05) is 47.4 Å². The lowest BCUT2D eigenvalue weighted by atomic mass is 10.1. The zero-order valence-corrected chi connectivity index (χ0v) is 20.7. The molecule has 0 aromatic heterocycles. The van der Waals surface area contributed by atoms with E-state index in [1.165, 1.54) is 16.8 Å². The molecule has 35 heavy (non-hydrogen) atoms. The summed E-state index contributed by atoms with van der Waals surface area (Å²) in [6.45, 7) is 5.08. The van der Waals surface area contributed by atoms with E-state index in [2.05, 4.69) is 46.7 Å². The fraction of sp³-hybridized carbons (Fsp3) is 0.286. The molecule has 2 aliphatic heterocycles. The number of rotatable bonds is 6. The minimum atomic E-state index is -0.302. The van der Waals surface area contributed by atoms with E-state index in [-0.39, 0.29) is 17.9 Å². The lowest BCUT2D eigenvalue weighted by molar-refractivity contribution is -0.116. The number of benzene rings is 3. The standard InChI is InChI=1S/C28H30N4O2S/c1-20-7-5-6-8-22(20)18-35-19-26-27(33)30-25-17-21(11-12-24(25)29-26)28(34)32-15-13-31(14-16-32)23-9-3-2-4-10-23/h2-12,17,26,29H,13-16,18-19H2,1H3,(H,30,33)/t26-/m0/s1. The van der Waals surface area contributed by atoms with Gasteiger partial charge in [0.1, 0.15) is 6.04 Å². The maximum absolute atomic E-state index is 13.1. The number of aryl methyl sites for hydroxylation is 1. The molecule has 0 spiro atoms. The molecule has 0 saturated carbocycles. The summed E-state index contributed by atoms with van der Waals surface area (Å²) < 4.78 is 0. The van der Waals surface area contributed by atoms with Crippen molar-refractivity contribution < 1.29 is 9.59 Å². The Labute approximate surface area is 210 Å². The third kappa shape index (κ3) is 5.30. The minimum Gasteiger partial charge on any atom is -0.371 e. The van der Waals surface area contributed by atoms with E-state index in [4.69, 9.17) is 0 Å². The fourth-order valence-corrected chi connectivity index (χ4v) is 5.68. The second-order valence-electron chi connectivity index (χ2n) is 9.00. The number of piperazine rings is 1. The van der Waals surface area contributed by atoms with Gasteiger partial charge in [-0.3, -0.25) is 9.59 Å². The Balaban J connectivity index is 1.17. The average Bonchev–Trinajstić information content (AvgIpc) is 2.90. The number of thioether (sulfide) groups is 1. The Morgan fingerprint density at radius 3 is 2.46 bits per heavy atom. The molecule has 5 rings (SSSR count). The SMILES string of the molecule is Cc1ccccc1CSC[C@@H]1Nc2ccc(C(=O)N3CCN(c4ccccc4)CC3)cc2NC1=O. The van der Waals surface area contributed by atoms with Crippen molar-refractivity contribution in [1.82, 2.24) is 4.90 Å². The molecule has 0 aliphatic carbocycles. The molecule has 3 aromatic carbocycles. The molecule has 2 heterocycles. The monoisotopic (exact) mass is 486 g/mol. The maximum Gasteiger partial charge on any atom is 0.254 e. The van der Waals surface area contributed by atoms with Crippen LogP contribution in [-0.4, -0.2) is 54.7 Å². The smallest absolute Gasteiger partial charge is 0.254 e. The van der Waals surface area contributed by atoms with Crippen LogP contribution in [0.3, 0.4) is 0 Å². The Bertz CT molecular complexity index is 1210. The molecular weight excluding hydrogens is 456 g/mol. The van der Waals surface area contributed by atoms with Gasteiger partial charge < -0.3 is 20.4 Å². The lowest BCUT2D eigenvalue weighted by Crippen LogP contribution is -2.48. The van der Waals surface area contributed by atoms with Crippen molar-refractivity contribution in [3.05, 3.63) is 89.5 Å². The van der Waals surface area contributed by atoms with Crippen LogP contribution in [0, 0.1) is 6.92 Å². The molecule has 6 nitrogen and oxygen atoms in total. The molecule has 180 valence electrons. The first-order chi connectivity index (χ1) is 17.1. The van der Waals surface area contributed by atoms with Crippen LogP contribution < -0.4 is 15.5 Å². The average molecular weight is 487 g/mol. The van der Waals surface area contributed by atoms with Crippen molar-refractivity contribution in [2.24, 2.45) is 0 Å². The second-order valence-corrected chi connectivity index (χ2v) is 10.0. The third-order valence-electron chi connectivity index (χ3n) is 6.66. The van der Waals surface area contributed by atoms with Gasteiger partial charge in [0, 0.05) is 48.9 Å². The first kappa shape index (κ1) is 23.3. The highest BCUT2D eigenvalue weighted by molar-refractivity contribution is 7.98. The first-order valence-electron chi connectivity index (χ1n) is 12.0. The molecule has 0 unspecified atom stereocenters. The van der Waals surface area contributed by atoms with Gasteiger partial charge in [-0.15, -0.1) is 0 Å². The van der Waals surface area contributed by atoms with Crippen LogP contribution in [0.25, 0.3) is 0 Å². The number of hydrogen-bond acceptors (Lipinski definition) is 5. The summed E-state index contributed by atoms with van der Waals surface area (Å²) in [6.07, 6.45) is 0. The molecule has 7 heteroatoms. The van der Waals surface area contributed by atoms with Gasteiger partial charge in [-0.2, -0.15) is 11.8 Å². The first-order valence-corrected chi connectivity index (χ1v) is 13.2. The zero-order valence-electron chi connectivity index (χ0n) is 19.9. The normalized spacial score (nSPS) is 17.4. The summed E-state index contributed by atoms with van der Waals surface area (Å²) in [7, 11) is 0. The maximum atomic E-state index is 13.1. The highest BCUT2D eigenvalue weighted by Gasteiger charge is 2.27. The molecule has 2 aliphatic rings. The van der Waals surface area contributed by atoms with Crippen molar-refractivity contribution in [3.8, 4) is 0 Å². The van der Waals surface area contributed by atoms with Gasteiger partial charge in [-0.25, -0.2) is 0 Å². The third-order valence-corrected chi connectivity index (χ3v) is 7.75. The number of nitrogens with one attached hydrogen (secondary N) is 2. The number of nitrogens with zero attached hydrogens (tertiary/aromatic N) is 2. The number of carbonyl (C=O) groups is 2. The number of para-hydroxylation sites is 1. The molecule has 0 radical (unpaired) electrons. The quantitative estimate of drug-likeness (QED) is 0.532. The van der Waals surface area contributed by atoms with Crippen LogP contribution in [-0.2, 0) is 10.5 Å². The molecule has 0 bridgehead atoms. The van der Waals surface area contributed by atoms with E-state index in [0.29, 0.717) is 30.1 Å². The summed E-state index contributed by atoms with van der Waals surface area (Å²) in [5.74, 6) is 1.49. The van der Waals surface area contributed by atoms with Crippen LogP contribution in [0.4, 0.5) is 17.1 Å². The van der Waals surface area contributed by atoms with Crippen molar-refractivity contribution in [3.63, 3.8) is 0 Å². The summed E-state index contributed by atoms with van der Waals surface area (Å²) >= 11 is 1.74. The summed E-state index contributed by atoms with van der Waals surface area (Å²) in [6, 6.07) is 23.9. The Hall–Kier alpha value is -3.45. The van der Waals surface area contributed by atoms with Crippen molar-refractivity contribution >= 4 is 40.6 Å². The summed E-state index contributed by atoms with van der Waals surface area (Å²) in [5, 5.41) is 6.36. The second kappa shape index (κ2) is 10.4. The molecule has 1 saturated heterocycles. The van der Waals surface area contributed by atoms with Crippen LogP contribution >= 0.6 is 11.8 Å². The Kier molecular flexibility index (Phi) is 6.95. The molecular formula is C28H30N4O2S. The highest BCUT2D eigenvalue weighted by atomic mass is 32.2. The van der Waals surface area contributed by atoms with Gasteiger partial charge in [0.05, 0.1) is 11.4 Å². The zero-order chi connectivity index (χ0) is 24.2. The largest absolute Gasteiger partial charge is 0.371 e. The Morgan fingerprint density at radius 2 is 1.69 bits per heavy atom. The van der Waals surface area contributed by atoms with E-state index in [9.17, 15) is 9.59 Å². The summed E-state index contributed by atoms with van der Waals surface area (Å²) in [4.78, 5) is 30.1. The summed E-state index contributed by atoms with van der Waals surface area (Å²) in [5.41, 5.74) is 5.88. The molecule has 3 aromatic rings. The van der Waals surface area contributed by atoms with Gasteiger partial charge in [0.2, 0.25) is 5.91 Å². The number of amides is 2. The van der Waals surface area contributed by atoms with Gasteiger partial charge in [-0.1, -0.05) is 42.5 Å². The molecule has 1 atom stereocenters. The fourth-order valence-electron chi connectivity index (χ4n) is 4.54. The van der Waals surface area contributed by atoms with Crippen molar-refractivity contribution in [2.75, 3.05) is 47.5 Å².